The number of furan rings is 1. The van der Waals surface area contributed by atoms with Gasteiger partial charge in [0.25, 0.3) is 0 Å². The fourth-order valence-electron chi connectivity index (χ4n) is 1.58. The van der Waals surface area contributed by atoms with Crippen LogP contribution in [0, 0.1) is 6.92 Å². The molecule has 0 aromatic carbocycles. The molecule has 0 radical (unpaired) electrons. The molecule has 0 amide bonds. The van der Waals surface area contributed by atoms with Gasteiger partial charge in [0.2, 0.25) is 5.28 Å². The van der Waals surface area contributed by atoms with Crippen molar-refractivity contribution in [2.24, 2.45) is 0 Å². The first-order valence-electron chi connectivity index (χ1n) is 5.43. The van der Waals surface area contributed by atoms with Crippen LogP contribution >= 0.6 is 11.6 Å². The second kappa shape index (κ2) is 5.19. The zero-order valence-corrected chi connectivity index (χ0v) is 10.5. The Morgan fingerprint density at radius 3 is 3.06 bits per heavy atom. The largest absolute Gasteiger partial charge is 0.469 e. The Morgan fingerprint density at radius 1 is 1.53 bits per heavy atom. The second-order valence-corrected chi connectivity index (χ2v) is 4.34. The van der Waals surface area contributed by atoms with E-state index in [1.807, 2.05) is 19.1 Å². The van der Waals surface area contributed by atoms with E-state index in [9.17, 15) is 0 Å². The Bertz CT molecular complexity index is 485. The summed E-state index contributed by atoms with van der Waals surface area (Å²) in [6.45, 7) is 4.01. The van der Waals surface area contributed by atoms with Gasteiger partial charge in [-0.15, -0.1) is 0 Å². The fraction of sp³-hybridized carbons (Fsp3) is 0.333. The van der Waals surface area contributed by atoms with Crippen LogP contribution in [-0.4, -0.2) is 16.0 Å². The Hall–Kier alpha value is -1.55. The van der Waals surface area contributed by atoms with Crippen molar-refractivity contribution < 1.29 is 4.42 Å². The van der Waals surface area contributed by atoms with Gasteiger partial charge in [-0.3, -0.25) is 0 Å². The van der Waals surface area contributed by atoms with E-state index in [4.69, 9.17) is 16.0 Å². The van der Waals surface area contributed by atoms with Crippen molar-refractivity contribution in [3.05, 3.63) is 41.2 Å². The normalized spacial score (nSPS) is 12.4. The molecule has 0 aliphatic rings. The quantitative estimate of drug-likeness (QED) is 0.849. The van der Waals surface area contributed by atoms with E-state index in [0.29, 0.717) is 0 Å². The highest BCUT2D eigenvalue weighted by molar-refractivity contribution is 6.28. The lowest BCUT2D eigenvalue weighted by atomic mass is 10.2. The Morgan fingerprint density at radius 2 is 2.35 bits per heavy atom. The van der Waals surface area contributed by atoms with E-state index < -0.39 is 0 Å². The van der Waals surface area contributed by atoms with Gasteiger partial charge in [-0.1, -0.05) is 0 Å². The highest BCUT2D eigenvalue weighted by atomic mass is 35.5. The van der Waals surface area contributed by atoms with Gasteiger partial charge in [0.1, 0.15) is 11.6 Å². The van der Waals surface area contributed by atoms with Gasteiger partial charge in [-0.05, 0) is 37.6 Å². The highest BCUT2D eigenvalue weighted by Gasteiger charge is 2.09. The monoisotopic (exact) mass is 251 g/mol. The minimum Gasteiger partial charge on any atom is -0.469 e. The number of nitrogens with one attached hydrogen (secondary N) is 1. The molecule has 17 heavy (non-hydrogen) atoms. The number of rotatable bonds is 4. The molecule has 90 valence electrons. The molecule has 2 rings (SSSR count). The predicted octanol–water partition coefficient (Wildman–Crippen LogP) is 3.07. The Kier molecular flexibility index (Phi) is 3.64. The van der Waals surface area contributed by atoms with E-state index in [0.717, 1.165) is 23.6 Å². The van der Waals surface area contributed by atoms with Crippen molar-refractivity contribution in [1.82, 2.24) is 9.97 Å². The van der Waals surface area contributed by atoms with Gasteiger partial charge < -0.3 is 9.73 Å². The molecule has 0 aliphatic carbocycles. The fourth-order valence-corrected chi connectivity index (χ4v) is 1.71. The van der Waals surface area contributed by atoms with Gasteiger partial charge in [-0.2, -0.15) is 0 Å². The molecule has 0 spiro atoms. The number of hydrogen-bond acceptors (Lipinski definition) is 4. The molecule has 0 fully saturated rings. The van der Waals surface area contributed by atoms with Crippen LogP contribution in [0.5, 0.6) is 0 Å². The summed E-state index contributed by atoms with van der Waals surface area (Å²) in [7, 11) is 0. The molecule has 0 bridgehead atoms. The van der Waals surface area contributed by atoms with Crippen LogP contribution in [0.4, 0.5) is 5.82 Å². The topological polar surface area (TPSA) is 51.0 Å². The minimum atomic E-state index is 0.214. The zero-order chi connectivity index (χ0) is 12.3. The molecule has 2 heterocycles. The van der Waals surface area contributed by atoms with E-state index >= 15 is 0 Å². The van der Waals surface area contributed by atoms with E-state index in [-0.39, 0.29) is 11.3 Å². The SMILES string of the molecule is Cc1cnc(Cl)nc1NC(C)Cc1ccco1. The molecule has 4 nitrogen and oxygen atoms in total. The molecule has 0 saturated heterocycles. The number of halogens is 1. The molecule has 2 aromatic rings. The molecule has 5 heteroatoms. The summed E-state index contributed by atoms with van der Waals surface area (Å²) < 4.78 is 5.30. The van der Waals surface area contributed by atoms with Crippen LogP contribution in [0.25, 0.3) is 0 Å². The molecule has 0 saturated carbocycles. The maximum Gasteiger partial charge on any atom is 0.224 e. The van der Waals surface area contributed by atoms with Crippen LogP contribution < -0.4 is 5.32 Å². The lowest BCUT2D eigenvalue weighted by Gasteiger charge is -2.14. The van der Waals surface area contributed by atoms with Gasteiger partial charge in [0.05, 0.1) is 6.26 Å². The van der Waals surface area contributed by atoms with Gasteiger partial charge >= 0.3 is 0 Å². The average molecular weight is 252 g/mol. The van der Waals surface area contributed by atoms with Crippen molar-refractivity contribution in [2.45, 2.75) is 26.3 Å². The number of anilines is 1. The van der Waals surface area contributed by atoms with Crippen molar-refractivity contribution in [2.75, 3.05) is 5.32 Å². The molecule has 0 aliphatic heterocycles. The van der Waals surface area contributed by atoms with Crippen molar-refractivity contribution >= 4 is 17.4 Å². The third-order valence-electron chi connectivity index (χ3n) is 2.41. The first-order valence-corrected chi connectivity index (χ1v) is 5.81. The van der Waals surface area contributed by atoms with E-state index in [1.165, 1.54) is 0 Å². The van der Waals surface area contributed by atoms with Crippen molar-refractivity contribution in [3.8, 4) is 0 Å². The highest BCUT2D eigenvalue weighted by Crippen LogP contribution is 2.15. The first-order chi connectivity index (χ1) is 8.15. The lowest BCUT2D eigenvalue weighted by molar-refractivity contribution is 0.497. The third kappa shape index (κ3) is 3.20. The molecule has 1 atom stereocenters. The van der Waals surface area contributed by atoms with Crippen LogP contribution in [0.1, 0.15) is 18.2 Å². The summed E-state index contributed by atoms with van der Waals surface area (Å²) in [5.41, 5.74) is 0.973. The summed E-state index contributed by atoms with van der Waals surface area (Å²) in [5.74, 6) is 1.71. The van der Waals surface area contributed by atoms with E-state index in [2.05, 4.69) is 22.2 Å². The predicted molar refractivity (Wildman–Crippen MR) is 67.3 cm³/mol. The maximum absolute atomic E-state index is 5.76. The Balaban J connectivity index is 2.02. The summed E-state index contributed by atoms with van der Waals surface area (Å²) in [6, 6.07) is 4.05. The van der Waals surface area contributed by atoms with Gasteiger partial charge in [-0.25, -0.2) is 9.97 Å². The van der Waals surface area contributed by atoms with E-state index in [1.54, 1.807) is 12.5 Å². The Labute approximate surface area is 105 Å². The van der Waals surface area contributed by atoms with Gasteiger partial charge in [0.15, 0.2) is 0 Å². The number of nitrogens with zero attached hydrogens (tertiary/aromatic N) is 2. The number of aryl methyl sites for hydroxylation is 1. The molecular formula is C12H14ClN3O. The first kappa shape index (κ1) is 11.9. The van der Waals surface area contributed by atoms with Crippen LogP contribution in [-0.2, 0) is 6.42 Å². The van der Waals surface area contributed by atoms with Crippen molar-refractivity contribution in [1.29, 1.82) is 0 Å². The smallest absolute Gasteiger partial charge is 0.224 e. The molecule has 2 aromatic heterocycles. The number of aromatic nitrogens is 2. The second-order valence-electron chi connectivity index (χ2n) is 4.00. The summed E-state index contributed by atoms with van der Waals surface area (Å²) in [6.07, 6.45) is 4.18. The molecular weight excluding hydrogens is 238 g/mol. The maximum atomic E-state index is 5.76. The van der Waals surface area contributed by atoms with Crippen LogP contribution in [0.15, 0.2) is 29.0 Å². The molecule has 1 N–H and O–H groups in total. The summed E-state index contributed by atoms with van der Waals surface area (Å²) in [5, 5.41) is 3.55. The van der Waals surface area contributed by atoms with Gasteiger partial charge in [0, 0.05) is 24.2 Å². The van der Waals surface area contributed by atoms with Crippen LogP contribution in [0.3, 0.4) is 0 Å². The third-order valence-corrected chi connectivity index (χ3v) is 2.60. The minimum absolute atomic E-state index is 0.214. The molecule has 1 unspecified atom stereocenters. The van der Waals surface area contributed by atoms with Crippen LogP contribution in [0.2, 0.25) is 5.28 Å². The average Bonchev–Trinajstić information content (AvgIpc) is 2.76. The zero-order valence-electron chi connectivity index (χ0n) is 9.77. The summed E-state index contributed by atoms with van der Waals surface area (Å²) in [4.78, 5) is 8.07. The lowest BCUT2D eigenvalue weighted by Crippen LogP contribution is -2.19. The van der Waals surface area contributed by atoms with Crippen molar-refractivity contribution in [3.63, 3.8) is 0 Å². The summed E-state index contributed by atoms with van der Waals surface area (Å²) >= 11 is 5.76. The standard InChI is InChI=1S/C12H14ClN3O/c1-8-7-14-12(13)16-11(8)15-9(2)6-10-4-3-5-17-10/h3-5,7,9H,6H2,1-2H3,(H,14,15,16). The number of hydrogen-bond donors (Lipinski definition) is 1.